The molecule has 1 aromatic carbocycles. The van der Waals surface area contributed by atoms with Crippen molar-refractivity contribution < 1.29 is 9.13 Å². The smallest absolute Gasteiger partial charge is 0.123 e. The molecular weight excluding hydrogens is 181 g/mol. The molecule has 1 N–H and O–H groups in total. The fourth-order valence-electron chi connectivity index (χ4n) is 1.56. The van der Waals surface area contributed by atoms with Gasteiger partial charge in [0.1, 0.15) is 5.82 Å². The van der Waals surface area contributed by atoms with E-state index in [0.717, 1.165) is 18.8 Å². The molecule has 0 radical (unpaired) electrons. The minimum atomic E-state index is -0.180. The van der Waals surface area contributed by atoms with Crippen molar-refractivity contribution >= 4 is 0 Å². The van der Waals surface area contributed by atoms with Gasteiger partial charge in [-0.15, -0.1) is 0 Å². The topological polar surface area (TPSA) is 21.3 Å². The van der Waals surface area contributed by atoms with Gasteiger partial charge in [0.05, 0.1) is 19.3 Å². The van der Waals surface area contributed by atoms with Crippen molar-refractivity contribution in [1.29, 1.82) is 0 Å². The Morgan fingerprint density at radius 3 is 2.86 bits per heavy atom. The quantitative estimate of drug-likeness (QED) is 0.795. The highest BCUT2D eigenvalue weighted by molar-refractivity contribution is 5.19. The summed E-state index contributed by atoms with van der Waals surface area (Å²) in [4.78, 5) is 0. The summed E-state index contributed by atoms with van der Waals surface area (Å²) in [7, 11) is 0. The second kappa shape index (κ2) is 4.07. The molecule has 0 bridgehead atoms. The lowest BCUT2D eigenvalue weighted by Crippen LogP contribution is -2.46. The van der Waals surface area contributed by atoms with E-state index in [2.05, 4.69) is 5.32 Å². The van der Waals surface area contributed by atoms with Gasteiger partial charge in [-0.25, -0.2) is 4.39 Å². The molecule has 1 aliphatic rings. The SMILES string of the molecule is C[C@@H](NC1COC1)c1cccc(F)c1. The maximum atomic E-state index is 12.9. The van der Waals surface area contributed by atoms with Crippen LogP contribution in [0.1, 0.15) is 18.5 Å². The van der Waals surface area contributed by atoms with E-state index >= 15 is 0 Å². The minimum Gasteiger partial charge on any atom is -0.378 e. The van der Waals surface area contributed by atoms with Gasteiger partial charge in [-0.1, -0.05) is 12.1 Å². The van der Waals surface area contributed by atoms with Crippen LogP contribution in [0.25, 0.3) is 0 Å². The van der Waals surface area contributed by atoms with Crippen LogP contribution in [0.15, 0.2) is 24.3 Å². The number of rotatable bonds is 3. The van der Waals surface area contributed by atoms with E-state index in [9.17, 15) is 4.39 Å². The Kier molecular flexibility index (Phi) is 2.79. The third-order valence-corrected chi connectivity index (χ3v) is 2.47. The van der Waals surface area contributed by atoms with Crippen LogP contribution < -0.4 is 5.32 Å². The molecule has 1 atom stereocenters. The average Bonchev–Trinajstić information content (AvgIpc) is 2.11. The van der Waals surface area contributed by atoms with Crippen LogP contribution in [0.4, 0.5) is 4.39 Å². The van der Waals surface area contributed by atoms with Gasteiger partial charge < -0.3 is 10.1 Å². The van der Waals surface area contributed by atoms with Gasteiger partial charge in [0.2, 0.25) is 0 Å². The van der Waals surface area contributed by atoms with Crippen LogP contribution in [0.3, 0.4) is 0 Å². The van der Waals surface area contributed by atoms with Gasteiger partial charge in [0, 0.05) is 6.04 Å². The fraction of sp³-hybridized carbons (Fsp3) is 0.455. The normalized spacial score (nSPS) is 19.0. The van der Waals surface area contributed by atoms with E-state index in [1.165, 1.54) is 6.07 Å². The largest absolute Gasteiger partial charge is 0.378 e. The number of hydrogen-bond acceptors (Lipinski definition) is 2. The monoisotopic (exact) mass is 195 g/mol. The third-order valence-electron chi connectivity index (χ3n) is 2.47. The van der Waals surface area contributed by atoms with Crippen molar-refractivity contribution in [3.8, 4) is 0 Å². The summed E-state index contributed by atoms with van der Waals surface area (Å²) in [5.41, 5.74) is 0.983. The Morgan fingerprint density at radius 2 is 2.29 bits per heavy atom. The summed E-state index contributed by atoms with van der Waals surface area (Å²) in [6, 6.07) is 7.30. The molecule has 2 nitrogen and oxygen atoms in total. The third kappa shape index (κ3) is 2.11. The van der Waals surface area contributed by atoms with Gasteiger partial charge in [0.15, 0.2) is 0 Å². The summed E-state index contributed by atoms with van der Waals surface area (Å²) in [5, 5.41) is 3.37. The van der Waals surface area contributed by atoms with E-state index in [1.54, 1.807) is 12.1 Å². The van der Waals surface area contributed by atoms with Crippen LogP contribution in [0.2, 0.25) is 0 Å². The second-order valence-corrected chi connectivity index (χ2v) is 3.68. The molecule has 1 fully saturated rings. The highest BCUT2D eigenvalue weighted by Gasteiger charge is 2.20. The van der Waals surface area contributed by atoms with Gasteiger partial charge >= 0.3 is 0 Å². The first-order valence-electron chi connectivity index (χ1n) is 4.85. The Hall–Kier alpha value is -0.930. The fourth-order valence-corrected chi connectivity index (χ4v) is 1.56. The maximum absolute atomic E-state index is 12.9. The summed E-state index contributed by atoms with van der Waals surface area (Å²) in [6.45, 7) is 3.56. The van der Waals surface area contributed by atoms with Crippen LogP contribution >= 0.6 is 0 Å². The van der Waals surface area contributed by atoms with Crippen LogP contribution in [-0.4, -0.2) is 19.3 Å². The lowest BCUT2D eigenvalue weighted by molar-refractivity contribution is -0.00926. The van der Waals surface area contributed by atoms with Crippen molar-refractivity contribution in [1.82, 2.24) is 5.32 Å². The zero-order valence-corrected chi connectivity index (χ0v) is 8.16. The van der Waals surface area contributed by atoms with Crippen molar-refractivity contribution in [3.63, 3.8) is 0 Å². The summed E-state index contributed by atoms with van der Waals surface area (Å²) in [6.07, 6.45) is 0. The second-order valence-electron chi connectivity index (χ2n) is 3.68. The number of ether oxygens (including phenoxy) is 1. The van der Waals surface area contributed by atoms with Crippen LogP contribution in [-0.2, 0) is 4.74 Å². The van der Waals surface area contributed by atoms with Crippen molar-refractivity contribution in [2.45, 2.75) is 19.0 Å². The number of hydrogen-bond donors (Lipinski definition) is 1. The van der Waals surface area contributed by atoms with Crippen molar-refractivity contribution in [2.24, 2.45) is 0 Å². The Morgan fingerprint density at radius 1 is 1.50 bits per heavy atom. The van der Waals surface area contributed by atoms with Crippen LogP contribution in [0, 0.1) is 5.82 Å². The zero-order chi connectivity index (χ0) is 9.97. The summed E-state index contributed by atoms with van der Waals surface area (Å²) < 4.78 is 18.0. The molecule has 1 heterocycles. The molecule has 0 aliphatic carbocycles. The van der Waals surface area contributed by atoms with Crippen molar-refractivity contribution in [3.05, 3.63) is 35.6 Å². The van der Waals surface area contributed by atoms with Crippen LogP contribution in [0.5, 0.6) is 0 Å². The number of nitrogens with one attached hydrogen (secondary N) is 1. The minimum absolute atomic E-state index is 0.180. The molecule has 1 saturated heterocycles. The molecule has 0 saturated carbocycles. The van der Waals surface area contributed by atoms with E-state index in [0.29, 0.717) is 6.04 Å². The molecule has 76 valence electrons. The van der Waals surface area contributed by atoms with Gasteiger partial charge in [0.25, 0.3) is 0 Å². The lowest BCUT2D eigenvalue weighted by atomic mass is 10.1. The van der Waals surface area contributed by atoms with Crippen molar-refractivity contribution in [2.75, 3.05) is 13.2 Å². The standard InChI is InChI=1S/C11H14FNO/c1-8(13-11-6-14-7-11)9-3-2-4-10(12)5-9/h2-5,8,11,13H,6-7H2,1H3/t8-/m1/s1. The predicted octanol–water partition coefficient (Wildman–Crippen LogP) is 1.88. The molecule has 3 heteroatoms. The highest BCUT2D eigenvalue weighted by Crippen LogP contribution is 2.15. The molecule has 0 spiro atoms. The number of halogens is 1. The zero-order valence-electron chi connectivity index (χ0n) is 8.16. The molecule has 0 aromatic heterocycles. The molecule has 1 aliphatic heterocycles. The van der Waals surface area contributed by atoms with Gasteiger partial charge in [-0.2, -0.15) is 0 Å². The highest BCUT2D eigenvalue weighted by atomic mass is 19.1. The van der Waals surface area contributed by atoms with E-state index < -0.39 is 0 Å². The van der Waals surface area contributed by atoms with Gasteiger partial charge in [-0.05, 0) is 24.6 Å². The molecule has 0 unspecified atom stereocenters. The summed E-state index contributed by atoms with van der Waals surface area (Å²) in [5.74, 6) is -0.180. The van der Waals surface area contributed by atoms with E-state index in [1.807, 2.05) is 13.0 Å². The lowest BCUT2D eigenvalue weighted by Gasteiger charge is -2.30. The molecule has 2 rings (SSSR count). The summed E-state index contributed by atoms with van der Waals surface area (Å²) >= 11 is 0. The van der Waals surface area contributed by atoms with Gasteiger partial charge in [-0.3, -0.25) is 0 Å². The molecular formula is C11H14FNO. The number of benzene rings is 1. The molecule has 0 amide bonds. The maximum Gasteiger partial charge on any atom is 0.123 e. The van der Waals surface area contributed by atoms with E-state index in [4.69, 9.17) is 4.74 Å². The Bertz CT molecular complexity index is 312. The average molecular weight is 195 g/mol. The first-order valence-corrected chi connectivity index (χ1v) is 4.85. The first-order chi connectivity index (χ1) is 6.75. The van der Waals surface area contributed by atoms with E-state index in [-0.39, 0.29) is 11.9 Å². The predicted molar refractivity (Wildman–Crippen MR) is 52.6 cm³/mol. The first kappa shape index (κ1) is 9.62. The Balaban J connectivity index is 1.98. The molecule has 1 aromatic rings. The molecule has 14 heavy (non-hydrogen) atoms. The Labute approximate surface area is 83.1 Å².